The van der Waals surface area contributed by atoms with Gasteiger partial charge in [-0.05, 0) is 68.6 Å². The first-order valence-electron chi connectivity index (χ1n) is 8.71. The largest absolute Gasteiger partial charge is 0.457 e. The van der Waals surface area contributed by atoms with Gasteiger partial charge < -0.3 is 20.9 Å². The van der Waals surface area contributed by atoms with Gasteiger partial charge in [0, 0.05) is 0 Å². The van der Waals surface area contributed by atoms with Gasteiger partial charge in [0.25, 0.3) is 5.91 Å². The minimum Gasteiger partial charge on any atom is -0.457 e. The van der Waals surface area contributed by atoms with Gasteiger partial charge in [0.05, 0.1) is 17.2 Å². The average Bonchev–Trinajstić information content (AvgIpc) is 3.37. The Hall–Kier alpha value is -2.15. The zero-order valence-electron chi connectivity index (χ0n) is 15.1. The summed E-state index contributed by atoms with van der Waals surface area (Å²) in [7, 11) is 0. The van der Waals surface area contributed by atoms with E-state index in [9.17, 15) is 14.3 Å². The summed E-state index contributed by atoms with van der Waals surface area (Å²) < 4.78 is 19.8. The van der Waals surface area contributed by atoms with Crippen LogP contribution in [0.25, 0.3) is 0 Å². The lowest BCUT2D eigenvalue weighted by Crippen LogP contribution is -2.42. The van der Waals surface area contributed by atoms with E-state index in [2.05, 4.69) is 5.32 Å². The molecule has 0 bridgehead atoms. The fraction of sp³-hybridized carbons (Fsp3) is 0.350. The summed E-state index contributed by atoms with van der Waals surface area (Å²) in [6.07, 6.45) is 2.06. The topological polar surface area (TPSA) is 84.6 Å². The van der Waals surface area contributed by atoms with Crippen LogP contribution in [0.15, 0.2) is 42.5 Å². The Morgan fingerprint density at radius 3 is 2.48 bits per heavy atom. The Bertz CT molecular complexity index is 794. The second kappa shape index (κ2) is 8.69. The number of rotatable bonds is 7. The predicted octanol–water partition coefficient (Wildman–Crippen LogP) is 3.18. The fourth-order valence-electron chi connectivity index (χ4n) is 2.74. The zero-order chi connectivity index (χ0) is 18.7. The van der Waals surface area contributed by atoms with Gasteiger partial charge in [-0.15, -0.1) is 12.4 Å². The van der Waals surface area contributed by atoms with E-state index in [1.165, 1.54) is 18.2 Å². The number of nitrogens with one attached hydrogen (secondary N) is 1. The maximum absolute atomic E-state index is 14.1. The van der Waals surface area contributed by atoms with Crippen molar-refractivity contribution in [1.82, 2.24) is 5.32 Å². The monoisotopic (exact) mass is 394 g/mol. The summed E-state index contributed by atoms with van der Waals surface area (Å²) in [5, 5.41) is 12.7. The molecule has 1 fully saturated rings. The number of hydrogen-bond acceptors (Lipinski definition) is 4. The van der Waals surface area contributed by atoms with Crippen LogP contribution in [0.4, 0.5) is 4.39 Å². The van der Waals surface area contributed by atoms with Gasteiger partial charge in [0.2, 0.25) is 0 Å². The molecule has 5 nitrogen and oxygen atoms in total. The van der Waals surface area contributed by atoms with Crippen LogP contribution >= 0.6 is 12.4 Å². The van der Waals surface area contributed by atoms with Crippen LogP contribution in [0.3, 0.4) is 0 Å². The maximum Gasteiger partial charge on any atom is 0.254 e. The van der Waals surface area contributed by atoms with E-state index >= 15 is 0 Å². The molecular formula is C20H24ClFN2O3. The lowest BCUT2D eigenvalue weighted by Gasteiger charge is -2.19. The molecule has 1 aliphatic carbocycles. The standard InChI is InChI=1S/C20H23FN2O3.ClH/c1-13(20(25)9-10-20)23-19(24)17-12-16(6-7-18(17)21)26-15-4-2-14(3-5-15)8-11-22;/h2-7,12-13,25H,8-11,22H2,1H3,(H,23,24);1H. The highest BCUT2D eigenvalue weighted by Gasteiger charge is 2.46. The molecule has 1 unspecified atom stereocenters. The first-order chi connectivity index (χ1) is 12.4. The molecule has 2 aromatic rings. The van der Waals surface area contributed by atoms with E-state index in [4.69, 9.17) is 10.5 Å². The van der Waals surface area contributed by atoms with Crippen molar-refractivity contribution >= 4 is 18.3 Å². The van der Waals surface area contributed by atoms with E-state index in [0.29, 0.717) is 30.9 Å². The number of nitrogens with two attached hydrogens (primary N) is 1. The highest BCUT2D eigenvalue weighted by Crippen LogP contribution is 2.38. The van der Waals surface area contributed by atoms with Crippen molar-refractivity contribution < 1.29 is 19.0 Å². The first-order valence-corrected chi connectivity index (χ1v) is 8.71. The normalized spacial score (nSPS) is 15.4. The van der Waals surface area contributed by atoms with Gasteiger partial charge in [0.15, 0.2) is 0 Å². The second-order valence-corrected chi connectivity index (χ2v) is 6.73. The maximum atomic E-state index is 14.1. The SMILES string of the molecule is CC(NC(=O)c1cc(Oc2ccc(CCN)cc2)ccc1F)C1(O)CC1.Cl. The number of carbonyl (C=O) groups is 1. The fourth-order valence-corrected chi connectivity index (χ4v) is 2.74. The van der Waals surface area contributed by atoms with E-state index in [1.54, 1.807) is 19.1 Å². The van der Waals surface area contributed by atoms with Crippen molar-refractivity contribution in [2.75, 3.05) is 6.54 Å². The molecule has 1 atom stereocenters. The average molecular weight is 395 g/mol. The number of benzene rings is 2. The summed E-state index contributed by atoms with van der Waals surface area (Å²) in [5.41, 5.74) is 5.65. The Balaban J connectivity index is 0.00000261. The van der Waals surface area contributed by atoms with Crippen LogP contribution in [0.5, 0.6) is 11.5 Å². The van der Waals surface area contributed by atoms with Crippen LogP contribution in [0.2, 0.25) is 0 Å². The molecule has 146 valence electrons. The van der Waals surface area contributed by atoms with Crippen LogP contribution in [0.1, 0.15) is 35.7 Å². The van der Waals surface area contributed by atoms with Crippen molar-refractivity contribution in [1.29, 1.82) is 0 Å². The minimum absolute atomic E-state index is 0. The molecule has 0 aromatic heterocycles. The summed E-state index contributed by atoms with van der Waals surface area (Å²) in [4.78, 5) is 12.3. The lowest BCUT2D eigenvalue weighted by molar-refractivity contribution is 0.0790. The van der Waals surface area contributed by atoms with Crippen molar-refractivity contribution in [2.45, 2.75) is 37.8 Å². The van der Waals surface area contributed by atoms with Crippen molar-refractivity contribution in [2.24, 2.45) is 5.73 Å². The highest BCUT2D eigenvalue weighted by molar-refractivity contribution is 5.95. The first kappa shape index (κ1) is 21.2. The molecule has 1 aliphatic rings. The van der Waals surface area contributed by atoms with E-state index in [-0.39, 0.29) is 18.0 Å². The van der Waals surface area contributed by atoms with Gasteiger partial charge in [-0.2, -0.15) is 0 Å². The number of carbonyl (C=O) groups excluding carboxylic acids is 1. The summed E-state index contributed by atoms with van der Waals surface area (Å²) >= 11 is 0. The Kier molecular flexibility index (Phi) is 6.81. The van der Waals surface area contributed by atoms with Crippen molar-refractivity contribution in [3.05, 3.63) is 59.4 Å². The van der Waals surface area contributed by atoms with Crippen LogP contribution in [-0.4, -0.2) is 29.2 Å². The molecule has 7 heteroatoms. The number of amides is 1. The molecule has 2 aromatic carbocycles. The Morgan fingerprint density at radius 1 is 1.26 bits per heavy atom. The van der Waals surface area contributed by atoms with E-state index in [0.717, 1.165) is 12.0 Å². The molecule has 3 rings (SSSR count). The molecule has 0 aliphatic heterocycles. The molecule has 1 saturated carbocycles. The molecule has 4 N–H and O–H groups in total. The van der Waals surface area contributed by atoms with Crippen LogP contribution in [-0.2, 0) is 6.42 Å². The molecule has 0 radical (unpaired) electrons. The third-order valence-electron chi connectivity index (χ3n) is 4.69. The second-order valence-electron chi connectivity index (χ2n) is 6.73. The summed E-state index contributed by atoms with van der Waals surface area (Å²) in [6.45, 7) is 2.29. The summed E-state index contributed by atoms with van der Waals surface area (Å²) in [6, 6.07) is 11.0. The quantitative estimate of drug-likeness (QED) is 0.673. The molecule has 0 saturated heterocycles. The Morgan fingerprint density at radius 2 is 1.89 bits per heavy atom. The van der Waals surface area contributed by atoms with Gasteiger partial charge >= 0.3 is 0 Å². The Labute approximate surface area is 164 Å². The lowest BCUT2D eigenvalue weighted by atomic mass is 10.1. The van der Waals surface area contributed by atoms with Gasteiger partial charge in [-0.3, -0.25) is 4.79 Å². The molecule has 27 heavy (non-hydrogen) atoms. The third kappa shape index (κ3) is 5.19. The van der Waals surface area contributed by atoms with Crippen LogP contribution in [0, 0.1) is 5.82 Å². The van der Waals surface area contributed by atoms with Crippen molar-refractivity contribution in [3.63, 3.8) is 0 Å². The molecular weight excluding hydrogens is 371 g/mol. The van der Waals surface area contributed by atoms with Crippen molar-refractivity contribution in [3.8, 4) is 11.5 Å². The number of ether oxygens (including phenoxy) is 1. The third-order valence-corrected chi connectivity index (χ3v) is 4.69. The van der Waals surface area contributed by atoms with E-state index < -0.39 is 23.4 Å². The smallest absolute Gasteiger partial charge is 0.254 e. The molecule has 0 spiro atoms. The minimum atomic E-state index is -0.870. The molecule has 1 amide bonds. The zero-order valence-corrected chi connectivity index (χ0v) is 15.9. The summed E-state index contributed by atoms with van der Waals surface area (Å²) in [5.74, 6) is -0.257. The van der Waals surface area contributed by atoms with Crippen LogP contribution < -0.4 is 15.8 Å². The highest BCUT2D eigenvalue weighted by atomic mass is 35.5. The number of halogens is 2. The predicted molar refractivity (Wildman–Crippen MR) is 104 cm³/mol. The number of aliphatic hydroxyl groups is 1. The van der Waals surface area contributed by atoms with Gasteiger partial charge in [-0.25, -0.2) is 4.39 Å². The van der Waals surface area contributed by atoms with Gasteiger partial charge in [0.1, 0.15) is 17.3 Å². The molecule has 0 heterocycles. The number of hydrogen-bond donors (Lipinski definition) is 3. The van der Waals surface area contributed by atoms with Gasteiger partial charge in [-0.1, -0.05) is 12.1 Å². The van der Waals surface area contributed by atoms with E-state index in [1.807, 2.05) is 12.1 Å².